The lowest BCUT2D eigenvalue weighted by molar-refractivity contribution is 0.0958. The Labute approximate surface area is 136 Å². The SMILES string of the molecule is CNc1ncc(C(=O)NCCc2ccc(C(C)(C)C)cc2)s1. The van der Waals surface area contributed by atoms with Crippen molar-refractivity contribution in [3.8, 4) is 0 Å². The van der Waals surface area contributed by atoms with Gasteiger partial charge in [-0.25, -0.2) is 4.98 Å². The fraction of sp³-hybridized carbons (Fsp3) is 0.412. The Morgan fingerprint density at radius 3 is 2.45 bits per heavy atom. The van der Waals surface area contributed by atoms with Crippen LogP contribution in [-0.4, -0.2) is 24.5 Å². The highest BCUT2D eigenvalue weighted by atomic mass is 32.1. The monoisotopic (exact) mass is 317 g/mol. The van der Waals surface area contributed by atoms with Gasteiger partial charge in [-0.15, -0.1) is 0 Å². The first-order valence-electron chi connectivity index (χ1n) is 7.41. The standard InChI is InChI=1S/C17H23N3OS/c1-17(2,3)13-7-5-12(6-8-13)9-10-19-15(21)14-11-20-16(18-4)22-14/h5-8,11H,9-10H2,1-4H3,(H,18,20)(H,19,21). The molecule has 0 aliphatic rings. The summed E-state index contributed by atoms with van der Waals surface area (Å²) in [4.78, 5) is 16.7. The van der Waals surface area contributed by atoms with Crippen LogP contribution in [0.3, 0.4) is 0 Å². The van der Waals surface area contributed by atoms with E-state index >= 15 is 0 Å². The molecule has 0 radical (unpaired) electrons. The van der Waals surface area contributed by atoms with Crippen molar-refractivity contribution in [1.82, 2.24) is 10.3 Å². The molecule has 0 saturated heterocycles. The van der Waals surface area contributed by atoms with E-state index in [1.165, 1.54) is 22.5 Å². The third kappa shape index (κ3) is 4.31. The zero-order valence-corrected chi connectivity index (χ0v) is 14.4. The van der Waals surface area contributed by atoms with Crippen LogP contribution in [0.1, 0.15) is 41.6 Å². The van der Waals surface area contributed by atoms with E-state index in [2.05, 4.69) is 60.7 Å². The minimum absolute atomic E-state index is 0.0645. The minimum Gasteiger partial charge on any atom is -0.365 e. The third-order valence-electron chi connectivity index (χ3n) is 3.46. The zero-order chi connectivity index (χ0) is 16.2. The summed E-state index contributed by atoms with van der Waals surface area (Å²) in [6, 6.07) is 8.61. The molecule has 1 aromatic carbocycles. The topological polar surface area (TPSA) is 54.0 Å². The number of hydrogen-bond donors (Lipinski definition) is 2. The van der Waals surface area contributed by atoms with Crippen molar-refractivity contribution >= 4 is 22.4 Å². The van der Waals surface area contributed by atoms with Gasteiger partial charge in [0.1, 0.15) is 4.88 Å². The van der Waals surface area contributed by atoms with Gasteiger partial charge in [0, 0.05) is 13.6 Å². The summed E-state index contributed by atoms with van der Waals surface area (Å²) in [5.74, 6) is -0.0645. The van der Waals surface area contributed by atoms with Crippen LogP contribution in [0.25, 0.3) is 0 Å². The first-order valence-corrected chi connectivity index (χ1v) is 8.23. The molecule has 2 rings (SSSR count). The van der Waals surface area contributed by atoms with Crippen molar-refractivity contribution in [2.75, 3.05) is 18.9 Å². The van der Waals surface area contributed by atoms with Crippen LogP contribution in [0.4, 0.5) is 5.13 Å². The number of carbonyl (C=O) groups excluding carboxylic acids is 1. The van der Waals surface area contributed by atoms with Gasteiger partial charge in [0.05, 0.1) is 6.20 Å². The van der Waals surface area contributed by atoms with Crippen LogP contribution in [-0.2, 0) is 11.8 Å². The Hall–Kier alpha value is -1.88. The molecule has 0 atom stereocenters. The summed E-state index contributed by atoms with van der Waals surface area (Å²) in [7, 11) is 1.79. The van der Waals surface area contributed by atoms with E-state index in [0.717, 1.165) is 11.6 Å². The molecule has 118 valence electrons. The molecule has 0 bridgehead atoms. The van der Waals surface area contributed by atoms with E-state index in [1.54, 1.807) is 13.2 Å². The van der Waals surface area contributed by atoms with Gasteiger partial charge < -0.3 is 10.6 Å². The van der Waals surface area contributed by atoms with Gasteiger partial charge in [0.2, 0.25) is 0 Å². The number of nitrogens with zero attached hydrogens (tertiary/aromatic N) is 1. The van der Waals surface area contributed by atoms with Gasteiger partial charge in [-0.1, -0.05) is 56.4 Å². The molecule has 0 aliphatic carbocycles. The van der Waals surface area contributed by atoms with Crippen molar-refractivity contribution in [3.05, 3.63) is 46.5 Å². The number of nitrogens with one attached hydrogen (secondary N) is 2. The fourth-order valence-corrected chi connectivity index (χ4v) is 2.76. The lowest BCUT2D eigenvalue weighted by Gasteiger charge is -2.19. The number of benzene rings is 1. The van der Waals surface area contributed by atoms with Gasteiger partial charge in [-0.3, -0.25) is 4.79 Å². The molecule has 0 unspecified atom stereocenters. The highest BCUT2D eigenvalue weighted by Crippen LogP contribution is 2.22. The molecule has 22 heavy (non-hydrogen) atoms. The smallest absolute Gasteiger partial charge is 0.263 e. The Morgan fingerprint density at radius 1 is 1.23 bits per heavy atom. The molecule has 4 nitrogen and oxygen atoms in total. The lowest BCUT2D eigenvalue weighted by Crippen LogP contribution is -2.24. The number of anilines is 1. The third-order valence-corrected chi connectivity index (χ3v) is 4.48. The molecule has 1 amide bonds. The van der Waals surface area contributed by atoms with Gasteiger partial charge >= 0.3 is 0 Å². The van der Waals surface area contributed by atoms with Gasteiger partial charge in [0.15, 0.2) is 5.13 Å². The van der Waals surface area contributed by atoms with Crippen LogP contribution >= 0.6 is 11.3 Å². The van der Waals surface area contributed by atoms with Crippen molar-refractivity contribution < 1.29 is 4.79 Å². The van der Waals surface area contributed by atoms with Crippen LogP contribution in [0.5, 0.6) is 0 Å². The van der Waals surface area contributed by atoms with E-state index in [4.69, 9.17) is 0 Å². The van der Waals surface area contributed by atoms with E-state index in [-0.39, 0.29) is 11.3 Å². The number of amides is 1. The Balaban J connectivity index is 1.84. The average Bonchev–Trinajstić information content (AvgIpc) is 2.96. The van der Waals surface area contributed by atoms with Crippen LogP contribution in [0, 0.1) is 0 Å². The molecule has 2 N–H and O–H groups in total. The molecule has 0 saturated carbocycles. The summed E-state index contributed by atoms with van der Waals surface area (Å²) >= 11 is 1.36. The fourth-order valence-electron chi connectivity index (χ4n) is 2.07. The summed E-state index contributed by atoms with van der Waals surface area (Å²) in [5.41, 5.74) is 2.72. The maximum Gasteiger partial charge on any atom is 0.263 e. The predicted octanol–water partition coefficient (Wildman–Crippen LogP) is 3.45. The molecule has 1 aromatic heterocycles. The Morgan fingerprint density at radius 2 is 1.91 bits per heavy atom. The van der Waals surface area contributed by atoms with E-state index < -0.39 is 0 Å². The van der Waals surface area contributed by atoms with Crippen molar-refractivity contribution in [2.24, 2.45) is 0 Å². The molecule has 5 heteroatoms. The molecule has 0 spiro atoms. The minimum atomic E-state index is -0.0645. The second-order valence-electron chi connectivity index (χ2n) is 6.23. The van der Waals surface area contributed by atoms with Gasteiger partial charge in [-0.2, -0.15) is 0 Å². The molecular formula is C17H23N3OS. The van der Waals surface area contributed by atoms with Gasteiger partial charge in [-0.05, 0) is 23.0 Å². The maximum atomic E-state index is 12.0. The Kier molecular flexibility index (Phi) is 5.19. The first kappa shape index (κ1) is 16.5. The number of thiazole rings is 1. The van der Waals surface area contributed by atoms with Crippen LogP contribution < -0.4 is 10.6 Å². The second-order valence-corrected chi connectivity index (χ2v) is 7.26. The van der Waals surface area contributed by atoms with E-state index in [9.17, 15) is 4.79 Å². The highest BCUT2D eigenvalue weighted by Gasteiger charge is 2.13. The maximum absolute atomic E-state index is 12.0. The molecular weight excluding hydrogens is 294 g/mol. The number of rotatable bonds is 5. The van der Waals surface area contributed by atoms with Crippen molar-refractivity contribution in [3.63, 3.8) is 0 Å². The van der Waals surface area contributed by atoms with E-state index in [0.29, 0.717) is 11.4 Å². The zero-order valence-electron chi connectivity index (χ0n) is 13.6. The van der Waals surface area contributed by atoms with Crippen LogP contribution in [0.15, 0.2) is 30.5 Å². The number of carbonyl (C=O) groups is 1. The largest absolute Gasteiger partial charge is 0.365 e. The summed E-state index contributed by atoms with van der Waals surface area (Å²) < 4.78 is 0. The number of aromatic nitrogens is 1. The Bertz CT molecular complexity index is 626. The molecule has 2 aromatic rings. The quantitative estimate of drug-likeness (QED) is 0.888. The average molecular weight is 317 g/mol. The van der Waals surface area contributed by atoms with Crippen LogP contribution in [0.2, 0.25) is 0 Å². The summed E-state index contributed by atoms with van der Waals surface area (Å²) in [6.45, 7) is 7.24. The lowest BCUT2D eigenvalue weighted by atomic mass is 9.86. The molecule has 0 fully saturated rings. The predicted molar refractivity (Wildman–Crippen MR) is 92.8 cm³/mol. The van der Waals surface area contributed by atoms with Crippen molar-refractivity contribution in [1.29, 1.82) is 0 Å². The summed E-state index contributed by atoms with van der Waals surface area (Å²) in [6.07, 6.45) is 2.43. The highest BCUT2D eigenvalue weighted by molar-refractivity contribution is 7.17. The molecule has 1 heterocycles. The van der Waals surface area contributed by atoms with Crippen molar-refractivity contribution in [2.45, 2.75) is 32.6 Å². The van der Waals surface area contributed by atoms with E-state index in [1.807, 2.05) is 0 Å². The van der Waals surface area contributed by atoms with Gasteiger partial charge in [0.25, 0.3) is 5.91 Å². The summed E-state index contributed by atoms with van der Waals surface area (Å²) in [5, 5.41) is 6.62. The number of hydrogen-bond acceptors (Lipinski definition) is 4. The second kappa shape index (κ2) is 6.92. The first-order chi connectivity index (χ1) is 10.4. The molecule has 0 aliphatic heterocycles. The normalized spacial score (nSPS) is 11.3.